The molecule has 0 bridgehead atoms. The Labute approximate surface area is 161 Å². The van der Waals surface area contributed by atoms with E-state index in [0.717, 1.165) is 5.56 Å². The van der Waals surface area contributed by atoms with E-state index in [-0.39, 0.29) is 17.2 Å². The van der Waals surface area contributed by atoms with Crippen molar-refractivity contribution in [2.24, 2.45) is 0 Å². The van der Waals surface area contributed by atoms with Crippen LogP contribution in [-0.4, -0.2) is 6.10 Å². The maximum absolute atomic E-state index is 12.7. The van der Waals surface area contributed by atoms with Crippen LogP contribution in [0.5, 0.6) is 17.2 Å². The summed E-state index contributed by atoms with van der Waals surface area (Å²) in [6.07, 6.45) is 0.0421. The van der Waals surface area contributed by atoms with Crippen LogP contribution in [0.4, 0.5) is 0 Å². The first kappa shape index (κ1) is 18.1. The summed E-state index contributed by atoms with van der Waals surface area (Å²) in [4.78, 5) is 25.3. The molecule has 3 aromatic rings. The van der Waals surface area contributed by atoms with Gasteiger partial charge in [-0.1, -0.05) is 12.1 Å². The summed E-state index contributed by atoms with van der Waals surface area (Å²) < 4.78 is 22.2. The highest BCUT2D eigenvalue weighted by molar-refractivity contribution is 5.57. The average Bonchev–Trinajstić information content (AvgIpc) is 2.59. The van der Waals surface area contributed by atoms with Crippen LogP contribution in [0.1, 0.15) is 48.0 Å². The van der Waals surface area contributed by atoms with Crippen LogP contribution in [0.2, 0.25) is 0 Å². The summed E-state index contributed by atoms with van der Waals surface area (Å²) in [6, 6.07) is 10.6. The third kappa shape index (κ3) is 3.11. The lowest BCUT2D eigenvalue weighted by atomic mass is 9.84. The molecule has 0 amide bonds. The molecule has 144 valence electrons. The van der Waals surface area contributed by atoms with E-state index in [4.69, 9.17) is 18.3 Å². The van der Waals surface area contributed by atoms with Crippen molar-refractivity contribution in [3.05, 3.63) is 85.4 Å². The Kier molecular flexibility index (Phi) is 4.34. The summed E-state index contributed by atoms with van der Waals surface area (Å²) in [5.74, 6) is 1.70. The normalized spacial score (nSPS) is 13.0. The van der Waals surface area contributed by atoms with Gasteiger partial charge in [0.25, 0.3) is 0 Å². The van der Waals surface area contributed by atoms with Crippen LogP contribution in [0.3, 0.4) is 0 Å². The molecule has 1 aliphatic rings. The topological polar surface area (TPSA) is 78.9 Å². The fourth-order valence-electron chi connectivity index (χ4n) is 3.48. The van der Waals surface area contributed by atoms with Gasteiger partial charge < -0.3 is 18.3 Å². The van der Waals surface area contributed by atoms with Crippen molar-refractivity contribution in [2.45, 2.75) is 39.7 Å². The standard InChI is InChI=1S/C22H20O6/c1-11(2)25-15-7-5-14(6-8-15)18-19-16(9-12(3)26-21(19)23)28-17-10-13(4)27-22(24)20(17)18/h5-11,18H,1-4H3. The molecule has 0 radical (unpaired) electrons. The number of ether oxygens (including phenoxy) is 2. The molecule has 0 unspecified atom stereocenters. The number of aryl methyl sites for hydroxylation is 2. The van der Waals surface area contributed by atoms with E-state index in [0.29, 0.717) is 28.8 Å². The van der Waals surface area contributed by atoms with Gasteiger partial charge in [-0.3, -0.25) is 0 Å². The van der Waals surface area contributed by atoms with Crippen molar-refractivity contribution in [3.63, 3.8) is 0 Å². The van der Waals surface area contributed by atoms with Crippen LogP contribution in [0.15, 0.2) is 54.8 Å². The Bertz CT molecular complexity index is 1090. The smallest absolute Gasteiger partial charge is 0.343 e. The minimum Gasteiger partial charge on any atom is -0.491 e. The number of hydrogen-bond acceptors (Lipinski definition) is 6. The fourth-order valence-corrected chi connectivity index (χ4v) is 3.48. The van der Waals surface area contributed by atoms with E-state index in [2.05, 4.69) is 0 Å². The largest absolute Gasteiger partial charge is 0.491 e. The van der Waals surface area contributed by atoms with Gasteiger partial charge in [-0.15, -0.1) is 0 Å². The number of fused-ring (bicyclic) bond motifs is 2. The Hall–Kier alpha value is -3.28. The summed E-state index contributed by atoms with van der Waals surface area (Å²) in [5, 5.41) is 0. The maximum Gasteiger partial charge on any atom is 0.343 e. The lowest BCUT2D eigenvalue weighted by molar-refractivity contribution is 0.242. The highest BCUT2D eigenvalue weighted by atomic mass is 16.5. The zero-order chi connectivity index (χ0) is 20.0. The van der Waals surface area contributed by atoms with Crippen molar-refractivity contribution in [2.75, 3.05) is 0 Å². The van der Waals surface area contributed by atoms with Crippen LogP contribution in [-0.2, 0) is 0 Å². The van der Waals surface area contributed by atoms with Crippen molar-refractivity contribution < 1.29 is 18.3 Å². The predicted octanol–water partition coefficient (Wildman–Crippen LogP) is 4.28. The first-order valence-electron chi connectivity index (χ1n) is 9.07. The number of hydrogen-bond donors (Lipinski definition) is 0. The molecule has 1 aliphatic heterocycles. The van der Waals surface area contributed by atoms with Crippen LogP contribution in [0.25, 0.3) is 0 Å². The van der Waals surface area contributed by atoms with Gasteiger partial charge in [0.1, 0.15) is 28.8 Å². The molecular weight excluding hydrogens is 360 g/mol. The summed E-state index contributed by atoms with van der Waals surface area (Å²) in [6.45, 7) is 7.25. The second kappa shape index (κ2) is 6.71. The molecule has 0 saturated heterocycles. The lowest BCUT2D eigenvalue weighted by Crippen LogP contribution is -2.26. The van der Waals surface area contributed by atoms with Crippen LogP contribution >= 0.6 is 0 Å². The van der Waals surface area contributed by atoms with Crippen LogP contribution in [0, 0.1) is 13.8 Å². The van der Waals surface area contributed by atoms with Crippen molar-refractivity contribution >= 4 is 0 Å². The minimum absolute atomic E-state index is 0.0421. The SMILES string of the molecule is Cc1cc2c(c(=O)o1)C(c1ccc(OC(C)C)cc1)c1c(cc(C)oc1=O)O2. The van der Waals surface area contributed by atoms with Gasteiger partial charge in [-0.05, 0) is 45.4 Å². The molecule has 6 heteroatoms. The summed E-state index contributed by atoms with van der Waals surface area (Å²) in [5.41, 5.74) is 0.244. The molecule has 0 saturated carbocycles. The van der Waals surface area contributed by atoms with E-state index in [1.54, 1.807) is 26.0 Å². The van der Waals surface area contributed by atoms with E-state index >= 15 is 0 Å². The molecule has 0 N–H and O–H groups in total. The first-order chi connectivity index (χ1) is 13.3. The monoisotopic (exact) mass is 380 g/mol. The molecule has 4 rings (SSSR count). The molecule has 0 spiro atoms. The Morgan fingerprint density at radius 2 is 1.36 bits per heavy atom. The minimum atomic E-state index is -0.652. The Morgan fingerprint density at radius 3 is 1.82 bits per heavy atom. The predicted molar refractivity (Wildman–Crippen MR) is 103 cm³/mol. The molecule has 1 aromatic carbocycles. The molecule has 28 heavy (non-hydrogen) atoms. The van der Waals surface area contributed by atoms with Crippen LogP contribution < -0.4 is 20.7 Å². The molecule has 6 nitrogen and oxygen atoms in total. The molecule has 0 atom stereocenters. The van der Waals surface area contributed by atoms with Gasteiger partial charge in [0.15, 0.2) is 0 Å². The third-order valence-corrected chi connectivity index (χ3v) is 4.53. The highest BCUT2D eigenvalue weighted by Crippen LogP contribution is 2.45. The fraction of sp³-hybridized carbons (Fsp3) is 0.273. The van der Waals surface area contributed by atoms with Crippen molar-refractivity contribution in [3.8, 4) is 17.2 Å². The van der Waals surface area contributed by atoms with Gasteiger partial charge >= 0.3 is 11.3 Å². The third-order valence-electron chi connectivity index (χ3n) is 4.53. The number of rotatable bonds is 3. The van der Waals surface area contributed by atoms with Crippen molar-refractivity contribution in [1.29, 1.82) is 0 Å². The highest BCUT2D eigenvalue weighted by Gasteiger charge is 2.35. The summed E-state index contributed by atoms with van der Waals surface area (Å²) in [7, 11) is 0. The molecular formula is C22H20O6. The molecule has 3 heterocycles. The molecule has 0 aliphatic carbocycles. The first-order valence-corrected chi connectivity index (χ1v) is 9.07. The molecule has 0 fully saturated rings. The second-order valence-corrected chi connectivity index (χ2v) is 7.12. The maximum atomic E-state index is 12.7. The summed E-state index contributed by atoms with van der Waals surface area (Å²) >= 11 is 0. The zero-order valence-corrected chi connectivity index (χ0v) is 16.1. The average molecular weight is 380 g/mol. The van der Waals surface area contributed by atoms with E-state index in [9.17, 15) is 9.59 Å². The van der Waals surface area contributed by atoms with Gasteiger partial charge in [0.2, 0.25) is 0 Å². The zero-order valence-electron chi connectivity index (χ0n) is 16.1. The quantitative estimate of drug-likeness (QED) is 0.528. The second-order valence-electron chi connectivity index (χ2n) is 7.12. The Balaban J connectivity index is 1.94. The Morgan fingerprint density at radius 1 is 0.857 bits per heavy atom. The lowest BCUT2D eigenvalue weighted by Gasteiger charge is -2.26. The molecule has 2 aromatic heterocycles. The van der Waals surface area contributed by atoms with E-state index in [1.165, 1.54) is 0 Å². The van der Waals surface area contributed by atoms with E-state index in [1.807, 2.05) is 38.1 Å². The van der Waals surface area contributed by atoms with Crippen molar-refractivity contribution in [1.82, 2.24) is 0 Å². The number of benzene rings is 1. The van der Waals surface area contributed by atoms with Gasteiger partial charge in [0, 0.05) is 12.1 Å². The van der Waals surface area contributed by atoms with Gasteiger partial charge in [-0.2, -0.15) is 0 Å². The van der Waals surface area contributed by atoms with E-state index < -0.39 is 17.2 Å². The van der Waals surface area contributed by atoms with Gasteiger partial charge in [-0.25, -0.2) is 9.59 Å². The van der Waals surface area contributed by atoms with Gasteiger partial charge in [0.05, 0.1) is 23.1 Å².